The number of amides is 1. The monoisotopic (exact) mass is 375 g/mol. The number of benzene rings is 1. The summed E-state index contributed by atoms with van der Waals surface area (Å²) in [5.74, 6) is 0.895. The molecule has 0 radical (unpaired) electrons. The Morgan fingerprint density at radius 3 is 2.62 bits per heavy atom. The third kappa shape index (κ3) is 6.98. The molecule has 1 amide bonds. The molecule has 1 aliphatic heterocycles. The van der Waals surface area contributed by atoms with Crippen molar-refractivity contribution in [1.29, 1.82) is 0 Å². The van der Waals surface area contributed by atoms with Gasteiger partial charge in [0.15, 0.2) is 0 Å². The van der Waals surface area contributed by atoms with Gasteiger partial charge in [-0.15, -0.1) is 24.8 Å². The maximum absolute atomic E-state index is 12.3. The zero-order valence-electron chi connectivity index (χ0n) is 14.9. The highest BCUT2D eigenvalue weighted by molar-refractivity contribution is 5.85. The molecule has 0 aromatic heterocycles. The first-order chi connectivity index (χ1) is 10.6. The predicted molar refractivity (Wildman–Crippen MR) is 105 cm³/mol. The van der Waals surface area contributed by atoms with Crippen LogP contribution in [0.1, 0.15) is 18.9 Å². The highest BCUT2D eigenvalue weighted by Gasteiger charge is 2.26. The first-order valence-corrected chi connectivity index (χ1v) is 8.26. The number of rotatable bonds is 7. The average Bonchev–Trinajstić information content (AvgIpc) is 2.94. The van der Waals surface area contributed by atoms with Crippen molar-refractivity contribution in [2.75, 3.05) is 40.3 Å². The second kappa shape index (κ2) is 11.7. The third-order valence-corrected chi connectivity index (χ3v) is 4.46. The van der Waals surface area contributed by atoms with Crippen LogP contribution in [0.2, 0.25) is 0 Å². The van der Waals surface area contributed by atoms with Gasteiger partial charge in [-0.05, 0) is 31.5 Å². The van der Waals surface area contributed by atoms with Crippen LogP contribution in [0.5, 0.6) is 0 Å². The molecule has 1 heterocycles. The zero-order valence-corrected chi connectivity index (χ0v) is 16.5. The number of carbonyl (C=O) groups is 1. The van der Waals surface area contributed by atoms with Crippen LogP contribution < -0.4 is 5.32 Å². The van der Waals surface area contributed by atoms with Crippen LogP contribution in [-0.2, 0) is 11.3 Å². The molecule has 2 atom stereocenters. The van der Waals surface area contributed by atoms with Crippen LogP contribution in [-0.4, -0.2) is 56.0 Å². The van der Waals surface area contributed by atoms with Crippen LogP contribution in [0.25, 0.3) is 0 Å². The number of halogens is 2. The standard InChI is InChI=1S/C18H29N3O.2ClH/c1-15(11-19-2)18(22)20(3)12-17-9-10-21(14-17)13-16-7-5-4-6-8-16;;/h4-8,15,17,19H,9-14H2,1-3H3;2*1H. The number of nitrogens with zero attached hydrogens (tertiary/aromatic N) is 2. The van der Waals surface area contributed by atoms with E-state index in [1.807, 2.05) is 25.9 Å². The van der Waals surface area contributed by atoms with Crippen molar-refractivity contribution in [3.05, 3.63) is 35.9 Å². The van der Waals surface area contributed by atoms with Crippen molar-refractivity contribution in [3.8, 4) is 0 Å². The molecule has 1 fully saturated rings. The van der Waals surface area contributed by atoms with E-state index in [-0.39, 0.29) is 36.6 Å². The Morgan fingerprint density at radius 2 is 2.00 bits per heavy atom. The summed E-state index contributed by atoms with van der Waals surface area (Å²) in [6.07, 6.45) is 1.19. The first-order valence-electron chi connectivity index (χ1n) is 8.26. The van der Waals surface area contributed by atoms with Crippen molar-refractivity contribution in [2.45, 2.75) is 19.9 Å². The molecule has 1 N–H and O–H groups in total. The zero-order chi connectivity index (χ0) is 15.9. The molecule has 0 bridgehead atoms. The van der Waals surface area contributed by atoms with Gasteiger partial charge in [0.1, 0.15) is 0 Å². The Labute approximate surface area is 158 Å². The van der Waals surface area contributed by atoms with Gasteiger partial charge in [0.05, 0.1) is 0 Å². The smallest absolute Gasteiger partial charge is 0.226 e. The molecular weight excluding hydrogens is 345 g/mol. The summed E-state index contributed by atoms with van der Waals surface area (Å²) in [4.78, 5) is 16.7. The summed E-state index contributed by atoms with van der Waals surface area (Å²) >= 11 is 0. The van der Waals surface area contributed by atoms with Crippen LogP contribution in [0, 0.1) is 11.8 Å². The Hall–Kier alpha value is -0.810. The van der Waals surface area contributed by atoms with Crippen molar-refractivity contribution >= 4 is 30.7 Å². The summed E-state index contributed by atoms with van der Waals surface area (Å²) in [6.45, 7) is 6.85. The lowest BCUT2D eigenvalue weighted by molar-refractivity contribution is -0.134. The van der Waals surface area contributed by atoms with Crippen molar-refractivity contribution < 1.29 is 4.79 Å². The fourth-order valence-corrected chi connectivity index (χ4v) is 3.29. The fourth-order valence-electron chi connectivity index (χ4n) is 3.29. The van der Waals surface area contributed by atoms with Gasteiger partial charge in [-0.25, -0.2) is 0 Å². The number of hydrogen-bond acceptors (Lipinski definition) is 3. The first kappa shape index (κ1) is 23.2. The molecule has 1 aromatic carbocycles. The van der Waals surface area contributed by atoms with Crippen molar-refractivity contribution in [3.63, 3.8) is 0 Å². The quantitative estimate of drug-likeness (QED) is 0.795. The van der Waals surface area contributed by atoms with E-state index in [0.29, 0.717) is 5.92 Å². The summed E-state index contributed by atoms with van der Waals surface area (Å²) in [5, 5.41) is 3.08. The topological polar surface area (TPSA) is 35.6 Å². The molecule has 2 unspecified atom stereocenters. The predicted octanol–water partition coefficient (Wildman–Crippen LogP) is 2.67. The van der Waals surface area contributed by atoms with Gasteiger partial charge in [0.25, 0.3) is 0 Å². The van der Waals surface area contributed by atoms with E-state index >= 15 is 0 Å². The van der Waals surface area contributed by atoms with Crippen LogP contribution in [0.3, 0.4) is 0 Å². The molecule has 1 aliphatic rings. The maximum Gasteiger partial charge on any atom is 0.226 e. The number of carbonyl (C=O) groups excluding carboxylic acids is 1. The van der Waals surface area contributed by atoms with Crippen LogP contribution in [0.4, 0.5) is 0 Å². The Bertz CT molecular complexity index is 473. The highest BCUT2D eigenvalue weighted by Crippen LogP contribution is 2.20. The second-order valence-electron chi connectivity index (χ2n) is 6.55. The summed E-state index contributed by atoms with van der Waals surface area (Å²) in [6, 6.07) is 10.6. The van der Waals surface area contributed by atoms with Crippen molar-refractivity contribution in [1.82, 2.24) is 15.1 Å². The summed E-state index contributed by atoms with van der Waals surface area (Å²) in [5.41, 5.74) is 1.37. The van der Waals surface area contributed by atoms with E-state index in [1.165, 1.54) is 12.0 Å². The molecule has 4 nitrogen and oxygen atoms in total. The van der Waals surface area contributed by atoms with E-state index in [1.54, 1.807) is 0 Å². The molecule has 0 spiro atoms. The molecule has 138 valence electrons. The van der Waals surface area contributed by atoms with E-state index in [9.17, 15) is 4.79 Å². The number of hydrogen-bond donors (Lipinski definition) is 1. The third-order valence-electron chi connectivity index (χ3n) is 4.46. The summed E-state index contributed by atoms with van der Waals surface area (Å²) in [7, 11) is 3.83. The summed E-state index contributed by atoms with van der Waals surface area (Å²) < 4.78 is 0. The van der Waals surface area contributed by atoms with Gasteiger partial charge >= 0.3 is 0 Å². The average molecular weight is 376 g/mol. The molecule has 1 aromatic rings. The Balaban J connectivity index is 0.00000264. The fraction of sp³-hybridized carbons (Fsp3) is 0.611. The van der Waals surface area contributed by atoms with E-state index in [4.69, 9.17) is 0 Å². The Morgan fingerprint density at radius 1 is 1.33 bits per heavy atom. The molecule has 2 rings (SSSR count). The lowest BCUT2D eigenvalue weighted by Crippen LogP contribution is -2.39. The minimum absolute atomic E-state index is 0. The van der Waals surface area contributed by atoms with Crippen LogP contribution >= 0.6 is 24.8 Å². The molecule has 6 heteroatoms. The van der Waals surface area contributed by atoms with Gasteiger partial charge in [0.2, 0.25) is 5.91 Å². The lowest BCUT2D eigenvalue weighted by Gasteiger charge is -2.24. The van der Waals surface area contributed by atoms with Gasteiger partial charge < -0.3 is 10.2 Å². The van der Waals surface area contributed by atoms with Crippen LogP contribution in [0.15, 0.2) is 30.3 Å². The largest absolute Gasteiger partial charge is 0.345 e. The van der Waals surface area contributed by atoms with Gasteiger partial charge in [-0.1, -0.05) is 37.3 Å². The molecular formula is C18H31Cl2N3O. The molecule has 24 heavy (non-hydrogen) atoms. The maximum atomic E-state index is 12.3. The minimum Gasteiger partial charge on any atom is -0.345 e. The SMILES string of the molecule is CNCC(C)C(=O)N(C)CC1CCN(Cc2ccccc2)C1.Cl.Cl. The molecule has 0 saturated carbocycles. The van der Waals surface area contributed by atoms with E-state index in [0.717, 1.165) is 32.7 Å². The normalized spacial score (nSPS) is 18.4. The molecule has 0 aliphatic carbocycles. The second-order valence-corrected chi connectivity index (χ2v) is 6.55. The lowest BCUT2D eigenvalue weighted by atomic mass is 10.1. The van der Waals surface area contributed by atoms with E-state index in [2.05, 4.69) is 40.5 Å². The van der Waals surface area contributed by atoms with Gasteiger partial charge in [-0.2, -0.15) is 0 Å². The van der Waals surface area contributed by atoms with Crippen molar-refractivity contribution in [2.24, 2.45) is 11.8 Å². The number of nitrogens with one attached hydrogen (secondary N) is 1. The highest BCUT2D eigenvalue weighted by atomic mass is 35.5. The number of likely N-dealkylation sites (tertiary alicyclic amines) is 1. The van der Waals surface area contributed by atoms with Gasteiger partial charge in [0, 0.05) is 39.1 Å². The molecule has 1 saturated heterocycles. The Kier molecular flexibility index (Phi) is 11.3. The van der Waals surface area contributed by atoms with E-state index < -0.39 is 0 Å². The van der Waals surface area contributed by atoms with Gasteiger partial charge in [-0.3, -0.25) is 9.69 Å². The minimum atomic E-state index is 0.